The minimum absolute atomic E-state index is 0.0136. The predicted octanol–water partition coefficient (Wildman–Crippen LogP) is 3.82. The molecule has 2 aromatic rings. The topological polar surface area (TPSA) is 52.6 Å². The summed E-state index contributed by atoms with van der Waals surface area (Å²) in [6.07, 6.45) is 0.261. The molecule has 1 aliphatic rings. The number of carbonyl (C=O) groups is 2. The van der Waals surface area contributed by atoms with Crippen molar-refractivity contribution in [3.8, 4) is 0 Å². The van der Waals surface area contributed by atoms with E-state index in [1.165, 1.54) is 0 Å². The molecule has 1 aliphatic heterocycles. The molecule has 29 heavy (non-hydrogen) atoms. The molecule has 2 amide bonds. The van der Waals surface area contributed by atoms with Crippen molar-refractivity contribution in [3.05, 3.63) is 59.2 Å². The monoisotopic (exact) mass is 393 g/mol. The van der Waals surface area contributed by atoms with Gasteiger partial charge >= 0.3 is 0 Å². The third-order valence-electron chi connectivity index (χ3n) is 5.81. The van der Waals surface area contributed by atoms with E-state index in [0.29, 0.717) is 13.1 Å². The number of benzene rings is 2. The Morgan fingerprint density at radius 2 is 1.83 bits per heavy atom. The predicted molar refractivity (Wildman–Crippen MR) is 118 cm³/mol. The molecule has 5 nitrogen and oxygen atoms in total. The van der Waals surface area contributed by atoms with Gasteiger partial charge in [0.15, 0.2) is 0 Å². The quantitative estimate of drug-likeness (QED) is 0.778. The second kappa shape index (κ2) is 9.12. The lowest BCUT2D eigenvalue weighted by Crippen LogP contribution is -2.33. The summed E-state index contributed by atoms with van der Waals surface area (Å²) in [6, 6.07) is 14.2. The maximum Gasteiger partial charge on any atom is 0.227 e. The largest absolute Gasteiger partial charge is 0.372 e. The normalized spacial score (nSPS) is 16.2. The van der Waals surface area contributed by atoms with E-state index in [2.05, 4.69) is 36.2 Å². The Kier molecular flexibility index (Phi) is 6.57. The molecule has 0 saturated carbocycles. The third kappa shape index (κ3) is 4.61. The number of nitrogens with zero attached hydrogens (tertiary/aromatic N) is 2. The summed E-state index contributed by atoms with van der Waals surface area (Å²) >= 11 is 0. The molecule has 0 spiro atoms. The van der Waals surface area contributed by atoms with Gasteiger partial charge in [-0.15, -0.1) is 0 Å². The number of amides is 2. The Labute approximate surface area is 173 Å². The first-order valence-electron chi connectivity index (χ1n) is 10.4. The Hall–Kier alpha value is -2.82. The first-order chi connectivity index (χ1) is 13.9. The molecule has 1 heterocycles. The van der Waals surface area contributed by atoms with E-state index in [1.807, 2.05) is 44.2 Å². The Morgan fingerprint density at radius 3 is 2.48 bits per heavy atom. The summed E-state index contributed by atoms with van der Waals surface area (Å²) in [5, 5.41) is 3.00. The fourth-order valence-corrected chi connectivity index (χ4v) is 3.98. The molecule has 154 valence electrons. The number of hydrogen-bond donors (Lipinski definition) is 1. The number of aryl methyl sites for hydroxylation is 2. The van der Waals surface area contributed by atoms with Gasteiger partial charge in [-0.1, -0.05) is 24.3 Å². The van der Waals surface area contributed by atoms with Crippen LogP contribution in [0.4, 0.5) is 11.4 Å². The van der Waals surface area contributed by atoms with Crippen LogP contribution in [-0.2, 0) is 16.1 Å². The SMILES string of the molecule is CCN(CC)c1ccc(N2CC(C(=O)NCc3ccccc3C)CC2=O)c(C)c1. The van der Waals surface area contributed by atoms with E-state index < -0.39 is 0 Å². The summed E-state index contributed by atoms with van der Waals surface area (Å²) in [7, 11) is 0. The Morgan fingerprint density at radius 1 is 1.10 bits per heavy atom. The molecule has 0 aromatic heterocycles. The van der Waals surface area contributed by atoms with Gasteiger partial charge in [-0.2, -0.15) is 0 Å². The molecule has 5 heteroatoms. The second-order valence-electron chi connectivity index (χ2n) is 7.69. The van der Waals surface area contributed by atoms with Crippen molar-refractivity contribution < 1.29 is 9.59 Å². The fraction of sp³-hybridized carbons (Fsp3) is 0.417. The highest BCUT2D eigenvalue weighted by molar-refractivity contribution is 6.01. The smallest absolute Gasteiger partial charge is 0.227 e. The van der Waals surface area contributed by atoms with Gasteiger partial charge in [0, 0.05) is 44.0 Å². The van der Waals surface area contributed by atoms with Crippen molar-refractivity contribution in [3.63, 3.8) is 0 Å². The molecular formula is C24H31N3O2. The van der Waals surface area contributed by atoms with Crippen LogP contribution >= 0.6 is 0 Å². The van der Waals surface area contributed by atoms with Crippen molar-refractivity contribution in [2.24, 2.45) is 5.92 Å². The van der Waals surface area contributed by atoms with E-state index in [9.17, 15) is 9.59 Å². The summed E-state index contributed by atoms with van der Waals surface area (Å²) < 4.78 is 0. The van der Waals surface area contributed by atoms with E-state index in [1.54, 1.807) is 4.90 Å². The Balaban J connectivity index is 1.67. The molecule has 3 rings (SSSR count). The third-order valence-corrected chi connectivity index (χ3v) is 5.81. The van der Waals surface area contributed by atoms with Crippen molar-refractivity contribution in [1.82, 2.24) is 5.32 Å². The van der Waals surface area contributed by atoms with Crippen LogP contribution < -0.4 is 15.1 Å². The van der Waals surface area contributed by atoms with Crippen molar-refractivity contribution in [1.29, 1.82) is 0 Å². The molecule has 2 aromatic carbocycles. The van der Waals surface area contributed by atoms with Crippen LogP contribution in [0, 0.1) is 19.8 Å². The lowest BCUT2D eigenvalue weighted by atomic mass is 10.1. The zero-order chi connectivity index (χ0) is 21.0. The standard InChI is InChI=1S/C24H31N3O2/c1-5-26(6-2)21-11-12-22(18(4)13-21)27-16-20(14-23(27)28)24(29)25-15-19-10-8-7-9-17(19)3/h7-13,20H,5-6,14-16H2,1-4H3,(H,25,29). The van der Waals surface area contributed by atoms with Gasteiger partial charge in [-0.25, -0.2) is 0 Å². The van der Waals surface area contributed by atoms with Gasteiger partial charge in [-0.05, 0) is 62.6 Å². The van der Waals surface area contributed by atoms with Crippen molar-refractivity contribution in [2.75, 3.05) is 29.4 Å². The summed E-state index contributed by atoms with van der Waals surface area (Å²) in [5.74, 6) is -0.352. The van der Waals surface area contributed by atoms with E-state index in [-0.39, 0.29) is 24.2 Å². The van der Waals surface area contributed by atoms with E-state index >= 15 is 0 Å². The fourth-order valence-electron chi connectivity index (χ4n) is 3.98. The molecule has 1 fully saturated rings. The molecule has 0 radical (unpaired) electrons. The number of nitrogens with one attached hydrogen (secondary N) is 1. The van der Waals surface area contributed by atoms with Gasteiger partial charge in [0.1, 0.15) is 0 Å². The van der Waals surface area contributed by atoms with Crippen LogP contribution in [0.1, 0.15) is 37.0 Å². The summed E-state index contributed by atoms with van der Waals surface area (Å²) in [4.78, 5) is 29.3. The van der Waals surface area contributed by atoms with Crippen LogP contribution in [0.2, 0.25) is 0 Å². The molecule has 1 atom stereocenters. The average molecular weight is 394 g/mol. The molecule has 1 N–H and O–H groups in total. The molecule has 0 bridgehead atoms. The average Bonchev–Trinajstić information content (AvgIpc) is 3.10. The zero-order valence-corrected chi connectivity index (χ0v) is 17.9. The van der Waals surface area contributed by atoms with Crippen LogP contribution in [0.15, 0.2) is 42.5 Å². The van der Waals surface area contributed by atoms with Crippen LogP contribution in [0.3, 0.4) is 0 Å². The zero-order valence-electron chi connectivity index (χ0n) is 17.9. The second-order valence-corrected chi connectivity index (χ2v) is 7.69. The highest BCUT2D eigenvalue weighted by Crippen LogP contribution is 2.31. The molecule has 1 unspecified atom stereocenters. The van der Waals surface area contributed by atoms with Gasteiger partial charge < -0.3 is 15.1 Å². The van der Waals surface area contributed by atoms with Gasteiger partial charge in [0.25, 0.3) is 0 Å². The number of rotatable bonds is 7. The maximum absolute atomic E-state index is 12.7. The lowest BCUT2D eigenvalue weighted by molar-refractivity contribution is -0.126. The maximum atomic E-state index is 12.7. The number of hydrogen-bond acceptors (Lipinski definition) is 3. The molecule has 1 saturated heterocycles. The molecular weight excluding hydrogens is 362 g/mol. The van der Waals surface area contributed by atoms with Gasteiger partial charge in [-0.3, -0.25) is 9.59 Å². The van der Waals surface area contributed by atoms with Crippen LogP contribution in [-0.4, -0.2) is 31.4 Å². The highest BCUT2D eigenvalue weighted by atomic mass is 16.2. The first-order valence-corrected chi connectivity index (χ1v) is 10.4. The van der Waals surface area contributed by atoms with Gasteiger partial charge in [0.05, 0.1) is 5.92 Å². The van der Waals surface area contributed by atoms with E-state index in [0.717, 1.165) is 41.2 Å². The van der Waals surface area contributed by atoms with Crippen molar-refractivity contribution >= 4 is 23.2 Å². The minimum atomic E-state index is -0.312. The molecule has 0 aliphatic carbocycles. The van der Waals surface area contributed by atoms with Gasteiger partial charge in [0.2, 0.25) is 11.8 Å². The lowest BCUT2D eigenvalue weighted by Gasteiger charge is -2.24. The van der Waals surface area contributed by atoms with Crippen LogP contribution in [0.5, 0.6) is 0 Å². The Bertz CT molecular complexity index is 889. The van der Waals surface area contributed by atoms with Crippen LogP contribution in [0.25, 0.3) is 0 Å². The number of carbonyl (C=O) groups excluding carboxylic acids is 2. The first kappa shape index (κ1) is 20.9. The number of anilines is 2. The van der Waals surface area contributed by atoms with E-state index in [4.69, 9.17) is 0 Å². The van der Waals surface area contributed by atoms with Crippen molar-refractivity contribution in [2.45, 2.75) is 40.7 Å². The summed E-state index contributed by atoms with van der Waals surface area (Å²) in [5.41, 5.74) is 5.38. The minimum Gasteiger partial charge on any atom is -0.372 e. The highest BCUT2D eigenvalue weighted by Gasteiger charge is 2.35. The summed E-state index contributed by atoms with van der Waals surface area (Å²) in [6.45, 7) is 11.2.